The lowest BCUT2D eigenvalue weighted by molar-refractivity contribution is -0.870. The molecule has 0 aromatic carbocycles. The molecule has 0 amide bonds. The summed E-state index contributed by atoms with van der Waals surface area (Å²) in [5.41, 5.74) is 1.61. The minimum atomic E-state index is 0.763. The molecular weight excluding hydrogens is 581 g/mol. The number of pyridine rings is 1. The van der Waals surface area contributed by atoms with Crippen LogP contribution in [0.2, 0.25) is 0 Å². The van der Waals surface area contributed by atoms with E-state index in [1.165, 1.54) is 225 Å². The molecule has 0 saturated heterocycles. The van der Waals surface area contributed by atoms with Crippen LogP contribution in [-0.2, 0) is 6.54 Å². The highest BCUT2D eigenvalue weighted by atomic mass is 15.3. The zero-order valence-electron chi connectivity index (χ0n) is 34.0. The third-order valence-electron chi connectivity index (χ3n) is 10.9. The Morgan fingerprint density at radius 1 is 0.417 bits per heavy atom. The van der Waals surface area contributed by atoms with Gasteiger partial charge in [-0.25, -0.2) is 4.57 Å². The van der Waals surface area contributed by atoms with Crippen LogP contribution in [0.3, 0.4) is 0 Å². The molecule has 1 aromatic rings. The van der Waals surface area contributed by atoms with Gasteiger partial charge in [-0.3, -0.25) is 0 Å². The molecule has 0 atom stereocenters. The van der Waals surface area contributed by atoms with Gasteiger partial charge in [0.25, 0.3) is 0 Å². The van der Waals surface area contributed by atoms with E-state index in [1.54, 1.807) is 5.56 Å². The molecule has 0 spiro atoms. The van der Waals surface area contributed by atoms with Gasteiger partial charge in [-0.15, -0.1) is 0 Å². The highest BCUT2D eigenvalue weighted by Gasteiger charge is 2.14. The molecule has 0 fully saturated rings. The van der Waals surface area contributed by atoms with Crippen molar-refractivity contribution in [3.05, 3.63) is 30.1 Å². The van der Waals surface area contributed by atoms with Crippen LogP contribution in [0.1, 0.15) is 237 Å². The Kier molecular flexibility index (Phi) is 31.3. The lowest BCUT2D eigenvalue weighted by atomic mass is 9.88. The van der Waals surface area contributed by atoms with E-state index in [-0.39, 0.29) is 0 Å². The Hall–Kier alpha value is -0.890. The number of aromatic nitrogens is 1. The smallest absolute Gasteiger partial charge is 0.169 e. The van der Waals surface area contributed by atoms with Crippen LogP contribution in [0, 0.1) is 0 Å². The summed E-state index contributed by atoms with van der Waals surface area (Å²) in [4.78, 5) is 0. The van der Waals surface area contributed by atoms with Crippen molar-refractivity contribution < 1.29 is 9.05 Å². The van der Waals surface area contributed by atoms with E-state index in [2.05, 4.69) is 64.1 Å². The third kappa shape index (κ3) is 30.0. The highest BCUT2D eigenvalue weighted by molar-refractivity contribution is 5.13. The van der Waals surface area contributed by atoms with E-state index in [1.807, 2.05) is 0 Å². The van der Waals surface area contributed by atoms with Crippen LogP contribution in [-0.4, -0.2) is 32.2 Å². The Morgan fingerprint density at radius 2 is 0.729 bits per heavy atom. The molecule has 0 radical (unpaired) electrons. The number of hydrogen-bond donors (Lipinski definition) is 0. The first kappa shape index (κ1) is 45.1. The summed E-state index contributed by atoms with van der Waals surface area (Å²) >= 11 is 0. The topological polar surface area (TPSA) is 3.88 Å². The third-order valence-corrected chi connectivity index (χ3v) is 10.9. The first-order chi connectivity index (χ1) is 23.5. The Bertz CT molecular complexity index is 731. The summed E-state index contributed by atoms with van der Waals surface area (Å²) in [6, 6.07) is 4.95. The van der Waals surface area contributed by atoms with Crippen LogP contribution in [0.5, 0.6) is 0 Å². The van der Waals surface area contributed by atoms with Gasteiger partial charge in [0.1, 0.15) is 6.54 Å². The summed E-state index contributed by atoms with van der Waals surface area (Å²) in [5, 5.41) is 0. The van der Waals surface area contributed by atoms with Gasteiger partial charge in [0.2, 0.25) is 0 Å². The number of unbranched alkanes of at least 4 members (excludes halogenated alkanes) is 28. The number of aryl methyl sites for hydroxylation is 1. The maximum absolute atomic E-state index is 2.48. The SMILES string of the molecule is CCCCCCCCCCCCCCCCC(CCCCCCCCCCCCCCCC)c1cc[n+](CCCCC[N+](C)(C)C)cc1. The minimum Gasteiger partial charge on any atom is -0.331 e. The molecule has 48 heavy (non-hydrogen) atoms. The summed E-state index contributed by atoms with van der Waals surface area (Å²) < 4.78 is 3.52. The van der Waals surface area contributed by atoms with Crippen molar-refractivity contribution in [2.24, 2.45) is 0 Å². The second kappa shape index (κ2) is 33.3. The normalized spacial score (nSPS) is 12.0. The molecular formula is C46H90N2+2. The first-order valence-corrected chi connectivity index (χ1v) is 22.3. The number of hydrogen-bond acceptors (Lipinski definition) is 0. The molecule has 0 aliphatic rings. The van der Waals surface area contributed by atoms with Crippen molar-refractivity contribution in [1.29, 1.82) is 0 Å². The predicted molar refractivity (Wildman–Crippen MR) is 216 cm³/mol. The second-order valence-electron chi connectivity index (χ2n) is 16.9. The summed E-state index contributed by atoms with van der Waals surface area (Å²) in [7, 11) is 6.92. The average Bonchev–Trinajstić information content (AvgIpc) is 3.07. The summed E-state index contributed by atoms with van der Waals surface area (Å²) in [6.45, 7) is 7.08. The van der Waals surface area contributed by atoms with Crippen molar-refractivity contribution in [2.45, 2.75) is 238 Å². The quantitative estimate of drug-likeness (QED) is 0.0377. The van der Waals surface area contributed by atoms with Crippen molar-refractivity contribution >= 4 is 0 Å². The van der Waals surface area contributed by atoms with E-state index >= 15 is 0 Å². The Morgan fingerprint density at radius 3 is 1.06 bits per heavy atom. The molecule has 1 heterocycles. The number of rotatable bonds is 37. The fraction of sp³-hybridized carbons (Fsp3) is 0.891. The zero-order valence-corrected chi connectivity index (χ0v) is 34.0. The largest absolute Gasteiger partial charge is 0.331 e. The zero-order chi connectivity index (χ0) is 34.8. The summed E-state index contributed by atoms with van der Waals surface area (Å²) in [6.07, 6.45) is 52.2. The van der Waals surface area contributed by atoms with Gasteiger partial charge in [-0.2, -0.15) is 0 Å². The predicted octanol–water partition coefficient (Wildman–Crippen LogP) is 14.7. The van der Waals surface area contributed by atoms with Gasteiger partial charge < -0.3 is 4.48 Å². The minimum absolute atomic E-state index is 0.763. The van der Waals surface area contributed by atoms with E-state index in [0.717, 1.165) is 10.4 Å². The maximum atomic E-state index is 2.48. The number of nitrogens with zero attached hydrogens (tertiary/aromatic N) is 2. The average molecular weight is 671 g/mol. The van der Waals surface area contributed by atoms with Gasteiger partial charge >= 0.3 is 0 Å². The van der Waals surface area contributed by atoms with Crippen LogP contribution < -0.4 is 4.57 Å². The lowest BCUT2D eigenvalue weighted by Crippen LogP contribution is -2.35. The van der Waals surface area contributed by atoms with E-state index < -0.39 is 0 Å². The van der Waals surface area contributed by atoms with Crippen molar-refractivity contribution in [1.82, 2.24) is 0 Å². The molecule has 2 heteroatoms. The van der Waals surface area contributed by atoms with Gasteiger partial charge in [0.05, 0.1) is 27.7 Å². The molecule has 282 valence electrons. The second-order valence-corrected chi connectivity index (χ2v) is 16.9. The maximum Gasteiger partial charge on any atom is 0.169 e. The van der Waals surface area contributed by atoms with E-state index in [4.69, 9.17) is 0 Å². The molecule has 2 nitrogen and oxygen atoms in total. The molecule has 1 rings (SSSR count). The fourth-order valence-electron chi connectivity index (χ4n) is 7.60. The van der Waals surface area contributed by atoms with Crippen molar-refractivity contribution in [3.8, 4) is 0 Å². The van der Waals surface area contributed by atoms with Gasteiger partial charge in [0, 0.05) is 18.6 Å². The van der Waals surface area contributed by atoms with Crippen LogP contribution in [0.15, 0.2) is 24.5 Å². The molecule has 0 bridgehead atoms. The lowest BCUT2D eigenvalue weighted by Gasteiger charge is -2.23. The summed E-state index contributed by atoms with van der Waals surface area (Å²) in [5.74, 6) is 0.763. The molecule has 0 aliphatic carbocycles. The van der Waals surface area contributed by atoms with Crippen LogP contribution in [0.25, 0.3) is 0 Å². The number of quaternary nitrogens is 1. The van der Waals surface area contributed by atoms with Crippen molar-refractivity contribution in [3.63, 3.8) is 0 Å². The van der Waals surface area contributed by atoms with Crippen molar-refractivity contribution in [2.75, 3.05) is 27.7 Å². The van der Waals surface area contributed by atoms with Gasteiger partial charge in [-0.05, 0) is 37.2 Å². The van der Waals surface area contributed by atoms with Crippen LogP contribution in [0.4, 0.5) is 0 Å². The Balaban J connectivity index is 2.29. The molecule has 1 aromatic heterocycles. The highest BCUT2D eigenvalue weighted by Crippen LogP contribution is 2.28. The fourth-order valence-corrected chi connectivity index (χ4v) is 7.60. The molecule has 0 aliphatic heterocycles. The van der Waals surface area contributed by atoms with E-state index in [0.29, 0.717) is 0 Å². The van der Waals surface area contributed by atoms with Crippen LogP contribution >= 0.6 is 0 Å². The van der Waals surface area contributed by atoms with Gasteiger partial charge in [-0.1, -0.05) is 194 Å². The first-order valence-electron chi connectivity index (χ1n) is 22.3. The van der Waals surface area contributed by atoms with Gasteiger partial charge in [0.15, 0.2) is 12.4 Å². The monoisotopic (exact) mass is 671 g/mol. The molecule has 0 saturated carbocycles. The Labute approximate surface area is 304 Å². The molecule has 0 N–H and O–H groups in total. The van der Waals surface area contributed by atoms with E-state index in [9.17, 15) is 0 Å². The standard InChI is InChI=1S/C46H90N2/c1-6-8-10-12-14-16-18-20-22-24-26-28-30-33-37-45(38-34-31-29-27-25-23-21-19-17-15-13-11-9-7-2)46-39-42-47(43-40-46)41-35-32-36-44-48(3,4)5/h39-40,42-43,45H,6-38,41,44H2,1-5H3/q+2. The molecule has 0 unspecified atom stereocenters.